The molecule has 0 spiro atoms. The molecule has 1 aromatic heterocycles. The van der Waals surface area contributed by atoms with Gasteiger partial charge in [-0.2, -0.15) is 0 Å². The van der Waals surface area contributed by atoms with E-state index in [-0.39, 0.29) is 0 Å². The van der Waals surface area contributed by atoms with Gasteiger partial charge in [0.2, 0.25) is 0 Å². The van der Waals surface area contributed by atoms with E-state index in [9.17, 15) is 0 Å². The number of aromatic nitrogens is 1. The average Bonchev–Trinajstić information content (AvgIpc) is 2.47. The maximum atomic E-state index is 6.09. The molecular weight excluding hydrogens is 272 g/mol. The third kappa shape index (κ3) is 3.87. The van der Waals surface area contributed by atoms with E-state index >= 15 is 0 Å². The molecule has 20 heavy (non-hydrogen) atoms. The van der Waals surface area contributed by atoms with Gasteiger partial charge in [0, 0.05) is 11.6 Å². The van der Waals surface area contributed by atoms with Gasteiger partial charge < -0.3 is 10.1 Å². The van der Waals surface area contributed by atoms with Gasteiger partial charge in [0.25, 0.3) is 0 Å². The van der Waals surface area contributed by atoms with Crippen LogP contribution in [0, 0.1) is 0 Å². The summed E-state index contributed by atoms with van der Waals surface area (Å²) >= 11 is 6.09. The van der Waals surface area contributed by atoms with Crippen LogP contribution in [0.2, 0.25) is 5.02 Å². The first-order valence-electron chi connectivity index (χ1n) is 6.84. The molecule has 0 aliphatic heterocycles. The predicted octanol–water partition coefficient (Wildman–Crippen LogP) is 4.31. The molecule has 0 aliphatic carbocycles. The zero-order valence-electron chi connectivity index (χ0n) is 11.8. The molecule has 0 fully saturated rings. The number of halogens is 1. The quantitative estimate of drug-likeness (QED) is 0.861. The molecule has 0 radical (unpaired) electrons. The van der Waals surface area contributed by atoms with Gasteiger partial charge >= 0.3 is 0 Å². The Hall–Kier alpha value is -1.74. The van der Waals surface area contributed by atoms with Gasteiger partial charge in [0.1, 0.15) is 18.2 Å². The van der Waals surface area contributed by atoms with Crippen molar-refractivity contribution in [1.29, 1.82) is 0 Å². The maximum Gasteiger partial charge on any atom is 0.130 e. The molecule has 2 rings (SSSR count). The Balaban J connectivity index is 2.03. The van der Waals surface area contributed by atoms with Crippen LogP contribution in [0.1, 0.15) is 25.1 Å². The van der Waals surface area contributed by atoms with E-state index < -0.39 is 0 Å². The van der Waals surface area contributed by atoms with Crippen molar-refractivity contribution in [3.63, 3.8) is 0 Å². The molecule has 0 aliphatic rings. The van der Waals surface area contributed by atoms with Gasteiger partial charge in [-0.3, -0.25) is 0 Å². The van der Waals surface area contributed by atoms with Gasteiger partial charge in [-0.25, -0.2) is 4.98 Å². The highest BCUT2D eigenvalue weighted by molar-refractivity contribution is 6.31. The highest BCUT2D eigenvalue weighted by Crippen LogP contribution is 2.23. The van der Waals surface area contributed by atoms with Crippen LogP contribution in [-0.2, 0) is 13.0 Å². The lowest BCUT2D eigenvalue weighted by molar-refractivity contribution is 0.301. The third-order valence-corrected chi connectivity index (χ3v) is 3.32. The van der Waals surface area contributed by atoms with Crippen molar-refractivity contribution >= 4 is 17.4 Å². The van der Waals surface area contributed by atoms with Crippen molar-refractivity contribution < 1.29 is 4.74 Å². The fraction of sp³-hybridized carbons (Fsp3) is 0.312. The summed E-state index contributed by atoms with van der Waals surface area (Å²) in [5.74, 6) is 1.70. The minimum absolute atomic E-state index is 0.448. The number of nitrogens with zero attached hydrogens (tertiary/aromatic N) is 1. The summed E-state index contributed by atoms with van der Waals surface area (Å²) in [6.07, 6.45) is 0.893. The monoisotopic (exact) mass is 290 g/mol. The molecule has 0 saturated heterocycles. The lowest BCUT2D eigenvalue weighted by Gasteiger charge is -2.09. The fourth-order valence-electron chi connectivity index (χ4n) is 1.91. The van der Waals surface area contributed by atoms with E-state index in [0.717, 1.165) is 40.8 Å². The first-order valence-corrected chi connectivity index (χ1v) is 7.21. The first kappa shape index (κ1) is 14.7. The lowest BCUT2D eigenvalue weighted by Crippen LogP contribution is -2.03. The SMILES string of the molecule is CCNc1cccc(COc2ccc(Cl)c(CC)c2)n1. The van der Waals surface area contributed by atoms with E-state index in [2.05, 4.69) is 17.2 Å². The molecule has 0 atom stereocenters. The zero-order valence-corrected chi connectivity index (χ0v) is 12.6. The van der Waals surface area contributed by atoms with E-state index in [1.165, 1.54) is 0 Å². The summed E-state index contributed by atoms with van der Waals surface area (Å²) in [5, 5.41) is 3.97. The van der Waals surface area contributed by atoms with Crippen molar-refractivity contribution in [3.05, 3.63) is 52.7 Å². The normalized spacial score (nSPS) is 10.3. The van der Waals surface area contributed by atoms with Crippen LogP contribution in [0.5, 0.6) is 5.75 Å². The molecule has 1 aromatic carbocycles. The van der Waals surface area contributed by atoms with Crippen LogP contribution in [0.15, 0.2) is 36.4 Å². The lowest BCUT2D eigenvalue weighted by atomic mass is 10.1. The Morgan fingerprint density at radius 3 is 2.80 bits per heavy atom. The first-order chi connectivity index (χ1) is 9.72. The number of hydrogen-bond donors (Lipinski definition) is 1. The van der Waals surface area contributed by atoms with Crippen molar-refractivity contribution in [1.82, 2.24) is 4.98 Å². The van der Waals surface area contributed by atoms with E-state index in [1.807, 2.05) is 43.3 Å². The molecular formula is C16H19ClN2O. The number of hydrogen-bond acceptors (Lipinski definition) is 3. The Labute approximate surface area is 124 Å². The van der Waals surface area contributed by atoms with Crippen LogP contribution >= 0.6 is 11.6 Å². The van der Waals surface area contributed by atoms with Gasteiger partial charge in [-0.1, -0.05) is 24.6 Å². The molecule has 1 N–H and O–H groups in total. The van der Waals surface area contributed by atoms with Crippen molar-refractivity contribution in [2.45, 2.75) is 26.9 Å². The topological polar surface area (TPSA) is 34.1 Å². The van der Waals surface area contributed by atoms with Crippen LogP contribution < -0.4 is 10.1 Å². The zero-order chi connectivity index (χ0) is 14.4. The standard InChI is InChI=1S/C16H19ClN2O/c1-3-12-10-14(8-9-15(12)17)20-11-13-6-5-7-16(19-13)18-4-2/h5-10H,3-4,11H2,1-2H3,(H,18,19). The van der Waals surface area contributed by atoms with Gasteiger partial charge in [0.05, 0.1) is 5.69 Å². The summed E-state index contributed by atoms with van der Waals surface area (Å²) in [7, 11) is 0. The number of nitrogens with one attached hydrogen (secondary N) is 1. The second-order valence-corrected chi connectivity index (χ2v) is 4.85. The van der Waals surface area contributed by atoms with Crippen LogP contribution in [0.3, 0.4) is 0 Å². The Morgan fingerprint density at radius 1 is 1.20 bits per heavy atom. The fourth-order valence-corrected chi connectivity index (χ4v) is 2.16. The minimum Gasteiger partial charge on any atom is -0.487 e. The van der Waals surface area contributed by atoms with E-state index in [0.29, 0.717) is 6.61 Å². The summed E-state index contributed by atoms with van der Waals surface area (Å²) in [5.41, 5.74) is 2.00. The Kier molecular flexibility index (Phi) is 5.24. The number of pyridine rings is 1. The second-order valence-electron chi connectivity index (χ2n) is 4.44. The second kappa shape index (κ2) is 7.15. The van der Waals surface area contributed by atoms with Gasteiger partial charge in [0.15, 0.2) is 0 Å². The average molecular weight is 291 g/mol. The van der Waals surface area contributed by atoms with E-state index in [4.69, 9.17) is 16.3 Å². The molecule has 2 aromatic rings. The summed E-state index contributed by atoms with van der Waals surface area (Å²) in [6, 6.07) is 11.6. The van der Waals surface area contributed by atoms with Crippen LogP contribution in [0.25, 0.3) is 0 Å². The highest BCUT2D eigenvalue weighted by atomic mass is 35.5. The summed E-state index contributed by atoms with van der Waals surface area (Å²) in [6.45, 7) is 5.43. The highest BCUT2D eigenvalue weighted by Gasteiger charge is 2.03. The maximum absolute atomic E-state index is 6.09. The minimum atomic E-state index is 0.448. The summed E-state index contributed by atoms with van der Waals surface area (Å²) < 4.78 is 5.77. The molecule has 1 heterocycles. The molecule has 0 amide bonds. The molecule has 4 heteroatoms. The number of ether oxygens (including phenoxy) is 1. The summed E-state index contributed by atoms with van der Waals surface area (Å²) in [4.78, 5) is 4.48. The van der Waals surface area contributed by atoms with Crippen molar-refractivity contribution in [3.8, 4) is 5.75 Å². The van der Waals surface area contributed by atoms with E-state index in [1.54, 1.807) is 0 Å². The number of rotatable bonds is 6. The van der Waals surface area contributed by atoms with Crippen molar-refractivity contribution in [2.75, 3.05) is 11.9 Å². The van der Waals surface area contributed by atoms with Crippen LogP contribution in [0.4, 0.5) is 5.82 Å². The molecule has 106 valence electrons. The number of aryl methyl sites for hydroxylation is 1. The Bertz CT molecular complexity index is 572. The third-order valence-electron chi connectivity index (χ3n) is 2.95. The van der Waals surface area contributed by atoms with Gasteiger partial charge in [-0.15, -0.1) is 0 Å². The smallest absolute Gasteiger partial charge is 0.130 e. The molecule has 0 unspecified atom stereocenters. The molecule has 3 nitrogen and oxygen atoms in total. The Morgan fingerprint density at radius 2 is 2.05 bits per heavy atom. The molecule has 0 saturated carbocycles. The molecule has 0 bridgehead atoms. The van der Waals surface area contributed by atoms with Gasteiger partial charge in [-0.05, 0) is 49.2 Å². The number of benzene rings is 1. The van der Waals surface area contributed by atoms with Crippen molar-refractivity contribution in [2.24, 2.45) is 0 Å². The van der Waals surface area contributed by atoms with Crippen LogP contribution in [-0.4, -0.2) is 11.5 Å². The predicted molar refractivity (Wildman–Crippen MR) is 83.6 cm³/mol. The largest absolute Gasteiger partial charge is 0.487 e. The number of anilines is 1.